The molecule has 0 amide bonds. The van der Waals surface area contributed by atoms with Crippen LogP contribution in [-0.2, 0) is 17.6 Å². The number of aryl methyl sites for hydroxylation is 1. The summed E-state index contributed by atoms with van der Waals surface area (Å²) < 4.78 is 0. The molecule has 2 aromatic carbocycles. The van der Waals surface area contributed by atoms with E-state index in [2.05, 4.69) is 43.3 Å². The van der Waals surface area contributed by atoms with Crippen LogP contribution in [0.15, 0.2) is 48.5 Å². The molecule has 1 nitrogen and oxygen atoms in total. The molecule has 1 heteroatoms. The smallest absolute Gasteiger partial charge is 0.134 e. The molecular weight excluding hydrogens is 220 g/mol. The number of carbonyl (C=O) groups excluding carboxylic acids is 1. The molecule has 0 saturated carbocycles. The summed E-state index contributed by atoms with van der Waals surface area (Å²) in [5.41, 5.74) is 4.87. The Kier molecular flexibility index (Phi) is 3.93. The fraction of sp³-hybridized carbons (Fsp3) is 0.235. The van der Waals surface area contributed by atoms with Crippen molar-refractivity contribution in [3.8, 4) is 11.1 Å². The number of Topliss-reactive ketones (excluding diaryl/α,β-unsaturated/α-hetero) is 1. The van der Waals surface area contributed by atoms with Gasteiger partial charge in [0.15, 0.2) is 0 Å². The summed E-state index contributed by atoms with van der Waals surface area (Å²) in [5, 5.41) is 0. The van der Waals surface area contributed by atoms with Crippen molar-refractivity contribution in [3.05, 3.63) is 59.7 Å². The van der Waals surface area contributed by atoms with E-state index in [-0.39, 0.29) is 5.78 Å². The molecule has 0 aliphatic carbocycles. The summed E-state index contributed by atoms with van der Waals surface area (Å²) in [6.07, 6.45) is 1.57. The van der Waals surface area contributed by atoms with Crippen molar-refractivity contribution in [2.45, 2.75) is 26.7 Å². The number of benzene rings is 2. The normalized spacial score (nSPS) is 10.3. The third-order valence-corrected chi connectivity index (χ3v) is 3.08. The van der Waals surface area contributed by atoms with Crippen LogP contribution in [-0.4, -0.2) is 5.78 Å². The second kappa shape index (κ2) is 5.63. The van der Waals surface area contributed by atoms with E-state index in [4.69, 9.17) is 0 Å². The molecule has 0 spiro atoms. The van der Waals surface area contributed by atoms with Crippen LogP contribution < -0.4 is 0 Å². The Balaban J connectivity index is 2.25. The maximum Gasteiger partial charge on any atom is 0.134 e. The Hall–Kier alpha value is -1.89. The van der Waals surface area contributed by atoms with Crippen LogP contribution in [0.1, 0.15) is 25.0 Å². The third kappa shape index (κ3) is 3.07. The minimum atomic E-state index is 0.204. The molecular formula is C17H18O. The number of carbonyl (C=O) groups is 1. The lowest BCUT2D eigenvalue weighted by atomic mass is 10.00. The first-order valence-corrected chi connectivity index (χ1v) is 6.36. The van der Waals surface area contributed by atoms with E-state index in [0.717, 1.165) is 12.0 Å². The molecule has 0 atom stereocenters. The SMILES string of the molecule is CCc1cccc(-c2ccc(CC(C)=O)cc2)c1. The van der Waals surface area contributed by atoms with Crippen LogP contribution in [0, 0.1) is 0 Å². The molecule has 2 aromatic rings. The summed E-state index contributed by atoms with van der Waals surface area (Å²) in [6, 6.07) is 16.8. The molecule has 2 rings (SSSR count). The van der Waals surface area contributed by atoms with E-state index in [1.807, 2.05) is 12.1 Å². The predicted molar refractivity (Wildman–Crippen MR) is 75.6 cm³/mol. The summed E-state index contributed by atoms with van der Waals surface area (Å²) >= 11 is 0. The van der Waals surface area contributed by atoms with Gasteiger partial charge in [0, 0.05) is 6.42 Å². The van der Waals surface area contributed by atoms with Crippen molar-refractivity contribution in [1.29, 1.82) is 0 Å². The molecule has 18 heavy (non-hydrogen) atoms. The number of hydrogen-bond acceptors (Lipinski definition) is 1. The average Bonchev–Trinajstić information content (AvgIpc) is 2.39. The molecule has 0 N–H and O–H groups in total. The second-order valence-electron chi connectivity index (χ2n) is 4.63. The Morgan fingerprint density at radius 1 is 0.944 bits per heavy atom. The van der Waals surface area contributed by atoms with E-state index in [0.29, 0.717) is 6.42 Å². The highest BCUT2D eigenvalue weighted by Gasteiger charge is 2.01. The van der Waals surface area contributed by atoms with Gasteiger partial charge in [-0.3, -0.25) is 4.79 Å². The summed E-state index contributed by atoms with van der Waals surface area (Å²) in [6.45, 7) is 3.79. The number of hydrogen-bond donors (Lipinski definition) is 0. The van der Waals surface area contributed by atoms with Crippen LogP contribution in [0.25, 0.3) is 11.1 Å². The molecule has 0 aliphatic heterocycles. The molecule has 0 heterocycles. The zero-order valence-corrected chi connectivity index (χ0v) is 10.9. The Labute approximate surface area is 108 Å². The topological polar surface area (TPSA) is 17.1 Å². The van der Waals surface area contributed by atoms with Gasteiger partial charge in [0.1, 0.15) is 5.78 Å². The summed E-state index contributed by atoms with van der Waals surface area (Å²) in [4.78, 5) is 11.1. The minimum absolute atomic E-state index is 0.204. The van der Waals surface area contributed by atoms with Gasteiger partial charge in [0.2, 0.25) is 0 Å². The molecule has 0 aliphatic rings. The van der Waals surface area contributed by atoms with Gasteiger partial charge in [-0.1, -0.05) is 55.5 Å². The minimum Gasteiger partial charge on any atom is -0.300 e. The van der Waals surface area contributed by atoms with Gasteiger partial charge in [-0.2, -0.15) is 0 Å². The highest BCUT2D eigenvalue weighted by molar-refractivity contribution is 5.78. The van der Waals surface area contributed by atoms with Crippen molar-refractivity contribution in [2.75, 3.05) is 0 Å². The van der Waals surface area contributed by atoms with E-state index >= 15 is 0 Å². The summed E-state index contributed by atoms with van der Waals surface area (Å²) in [7, 11) is 0. The van der Waals surface area contributed by atoms with Gasteiger partial charge in [-0.15, -0.1) is 0 Å². The Morgan fingerprint density at radius 3 is 2.28 bits per heavy atom. The quantitative estimate of drug-likeness (QED) is 0.785. The molecule has 92 valence electrons. The molecule has 0 saturated heterocycles. The van der Waals surface area contributed by atoms with Crippen molar-refractivity contribution < 1.29 is 4.79 Å². The highest BCUT2D eigenvalue weighted by Crippen LogP contribution is 2.21. The van der Waals surface area contributed by atoms with Gasteiger partial charge in [-0.25, -0.2) is 0 Å². The predicted octanol–water partition coefficient (Wildman–Crippen LogP) is 4.05. The van der Waals surface area contributed by atoms with Gasteiger partial charge >= 0.3 is 0 Å². The highest BCUT2D eigenvalue weighted by atomic mass is 16.1. The zero-order chi connectivity index (χ0) is 13.0. The largest absolute Gasteiger partial charge is 0.300 e. The second-order valence-corrected chi connectivity index (χ2v) is 4.63. The van der Waals surface area contributed by atoms with Gasteiger partial charge in [0.25, 0.3) is 0 Å². The van der Waals surface area contributed by atoms with Crippen molar-refractivity contribution in [1.82, 2.24) is 0 Å². The first kappa shape index (κ1) is 12.6. The van der Waals surface area contributed by atoms with E-state index in [1.54, 1.807) is 6.92 Å². The van der Waals surface area contributed by atoms with E-state index in [9.17, 15) is 4.79 Å². The molecule has 0 unspecified atom stereocenters. The van der Waals surface area contributed by atoms with E-state index in [1.165, 1.54) is 16.7 Å². The van der Waals surface area contributed by atoms with Crippen molar-refractivity contribution in [2.24, 2.45) is 0 Å². The molecule has 0 fully saturated rings. The van der Waals surface area contributed by atoms with Crippen LogP contribution >= 0.6 is 0 Å². The lowest BCUT2D eigenvalue weighted by Crippen LogP contribution is -1.95. The number of ketones is 1. The van der Waals surface area contributed by atoms with Gasteiger partial charge < -0.3 is 0 Å². The fourth-order valence-electron chi connectivity index (χ4n) is 2.07. The fourth-order valence-corrected chi connectivity index (χ4v) is 2.07. The van der Waals surface area contributed by atoms with E-state index < -0.39 is 0 Å². The van der Waals surface area contributed by atoms with Crippen LogP contribution in [0.2, 0.25) is 0 Å². The van der Waals surface area contributed by atoms with Gasteiger partial charge in [0.05, 0.1) is 0 Å². The number of rotatable bonds is 4. The van der Waals surface area contributed by atoms with Crippen LogP contribution in [0.4, 0.5) is 0 Å². The molecule has 0 aromatic heterocycles. The summed E-state index contributed by atoms with van der Waals surface area (Å²) in [5.74, 6) is 0.204. The third-order valence-electron chi connectivity index (χ3n) is 3.08. The maximum absolute atomic E-state index is 11.1. The zero-order valence-electron chi connectivity index (χ0n) is 10.9. The average molecular weight is 238 g/mol. The maximum atomic E-state index is 11.1. The Morgan fingerprint density at radius 2 is 1.67 bits per heavy atom. The standard InChI is InChI=1S/C17H18O/c1-3-14-5-4-6-17(12-14)16-9-7-15(8-10-16)11-13(2)18/h4-10,12H,3,11H2,1-2H3. The van der Waals surface area contributed by atoms with Crippen molar-refractivity contribution in [3.63, 3.8) is 0 Å². The van der Waals surface area contributed by atoms with Crippen LogP contribution in [0.3, 0.4) is 0 Å². The molecule has 0 bridgehead atoms. The first-order valence-electron chi connectivity index (χ1n) is 6.36. The lowest BCUT2D eigenvalue weighted by Gasteiger charge is -2.05. The molecule has 0 radical (unpaired) electrons. The van der Waals surface area contributed by atoms with Crippen molar-refractivity contribution >= 4 is 5.78 Å². The first-order chi connectivity index (χ1) is 8.69. The van der Waals surface area contributed by atoms with Gasteiger partial charge in [-0.05, 0) is 35.6 Å². The monoisotopic (exact) mass is 238 g/mol. The van der Waals surface area contributed by atoms with Crippen LogP contribution in [0.5, 0.6) is 0 Å². The lowest BCUT2D eigenvalue weighted by molar-refractivity contribution is -0.116. The Bertz CT molecular complexity index is 538.